The van der Waals surface area contributed by atoms with Crippen molar-refractivity contribution in [3.63, 3.8) is 0 Å². The SMILES string of the molecule is Cc1ccc(-c2noc(CN3CCCC(C(=O)Nc4ccc(Br)cc4)C3)n2)cc1. The smallest absolute Gasteiger partial charge is 0.241 e. The van der Waals surface area contributed by atoms with Gasteiger partial charge in [-0.05, 0) is 50.6 Å². The highest BCUT2D eigenvalue weighted by atomic mass is 79.9. The number of nitrogens with one attached hydrogen (secondary N) is 1. The third-order valence-electron chi connectivity index (χ3n) is 5.12. The van der Waals surface area contributed by atoms with E-state index in [9.17, 15) is 4.79 Å². The minimum absolute atomic E-state index is 0.0492. The molecule has 1 saturated heterocycles. The first-order valence-electron chi connectivity index (χ1n) is 9.75. The molecule has 0 aliphatic carbocycles. The van der Waals surface area contributed by atoms with Crippen LogP contribution in [0.25, 0.3) is 11.4 Å². The molecule has 0 saturated carbocycles. The van der Waals surface area contributed by atoms with Gasteiger partial charge in [-0.3, -0.25) is 9.69 Å². The molecule has 0 radical (unpaired) electrons. The number of carbonyl (C=O) groups excluding carboxylic acids is 1. The lowest BCUT2D eigenvalue weighted by Gasteiger charge is -2.30. The first-order valence-corrected chi connectivity index (χ1v) is 10.5. The summed E-state index contributed by atoms with van der Waals surface area (Å²) in [5.74, 6) is 1.19. The second-order valence-electron chi connectivity index (χ2n) is 7.45. The topological polar surface area (TPSA) is 71.3 Å². The van der Waals surface area contributed by atoms with E-state index < -0.39 is 0 Å². The predicted molar refractivity (Wildman–Crippen MR) is 115 cm³/mol. The number of likely N-dealkylation sites (tertiary alicyclic amines) is 1. The molecular formula is C22H23BrN4O2. The Morgan fingerprint density at radius 2 is 1.97 bits per heavy atom. The number of hydrogen-bond acceptors (Lipinski definition) is 5. The molecule has 1 aromatic heterocycles. The molecule has 0 spiro atoms. The standard InChI is InChI=1S/C22H23BrN4O2/c1-15-4-6-16(7-5-15)21-25-20(29-26-21)14-27-12-2-3-17(13-27)22(28)24-19-10-8-18(23)9-11-19/h4-11,17H,2-3,12-14H2,1H3,(H,24,28). The van der Waals surface area contributed by atoms with E-state index in [0.717, 1.165) is 35.1 Å². The van der Waals surface area contributed by atoms with Crippen molar-refractivity contribution in [3.8, 4) is 11.4 Å². The second-order valence-corrected chi connectivity index (χ2v) is 8.36. The number of hydrogen-bond donors (Lipinski definition) is 1. The van der Waals surface area contributed by atoms with Gasteiger partial charge in [-0.2, -0.15) is 4.98 Å². The minimum atomic E-state index is -0.0492. The maximum Gasteiger partial charge on any atom is 0.241 e. The summed E-state index contributed by atoms with van der Waals surface area (Å²) in [6, 6.07) is 15.7. The quantitative estimate of drug-likeness (QED) is 0.606. The lowest BCUT2D eigenvalue weighted by molar-refractivity contribution is -0.121. The molecule has 1 fully saturated rings. The number of halogens is 1. The van der Waals surface area contributed by atoms with E-state index in [2.05, 4.69) is 36.3 Å². The van der Waals surface area contributed by atoms with Gasteiger partial charge in [0.25, 0.3) is 0 Å². The van der Waals surface area contributed by atoms with E-state index in [-0.39, 0.29) is 11.8 Å². The zero-order valence-corrected chi connectivity index (χ0v) is 17.9. The second kappa shape index (κ2) is 8.88. The van der Waals surface area contributed by atoms with Gasteiger partial charge in [-0.1, -0.05) is 50.9 Å². The van der Waals surface area contributed by atoms with Crippen LogP contribution in [-0.4, -0.2) is 34.0 Å². The molecule has 1 aliphatic rings. The van der Waals surface area contributed by atoms with Crippen molar-refractivity contribution in [1.82, 2.24) is 15.0 Å². The summed E-state index contributed by atoms with van der Waals surface area (Å²) in [7, 11) is 0. The van der Waals surface area contributed by atoms with E-state index in [0.29, 0.717) is 24.8 Å². The van der Waals surface area contributed by atoms with Crippen LogP contribution in [0.3, 0.4) is 0 Å². The fraction of sp³-hybridized carbons (Fsp3) is 0.318. The number of benzene rings is 2. The maximum atomic E-state index is 12.7. The molecule has 7 heteroatoms. The van der Waals surface area contributed by atoms with Gasteiger partial charge >= 0.3 is 0 Å². The summed E-state index contributed by atoms with van der Waals surface area (Å²) in [6.07, 6.45) is 1.86. The first kappa shape index (κ1) is 19.8. The van der Waals surface area contributed by atoms with Crippen molar-refractivity contribution < 1.29 is 9.32 Å². The van der Waals surface area contributed by atoms with Crippen LogP contribution in [0.1, 0.15) is 24.3 Å². The third-order valence-corrected chi connectivity index (χ3v) is 5.65. The van der Waals surface area contributed by atoms with E-state index in [1.54, 1.807) is 0 Å². The van der Waals surface area contributed by atoms with Crippen molar-refractivity contribution in [2.75, 3.05) is 18.4 Å². The first-order chi connectivity index (χ1) is 14.1. The Morgan fingerprint density at radius 1 is 1.21 bits per heavy atom. The highest BCUT2D eigenvalue weighted by Crippen LogP contribution is 2.22. The molecule has 0 bridgehead atoms. The molecule has 2 heterocycles. The summed E-state index contributed by atoms with van der Waals surface area (Å²) in [5.41, 5.74) is 2.95. The van der Waals surface area contributed by atoms with Crippen molar-refractivity contribution >= 4 is 27.5 Å². The maximum absolute atomic E-state index is 12.7. The van der Waals surface area contributed by atoms with Gasteiger partial charge in [-0.25, -0.2) is 0 Å². The summed E-state index contributed by atoms with van der Waals surface area (Å²) in [6.45, 7) is 4.21. The Morgan fingerprint density at radius 3 is 2.72 bits per heavy atom. The fourth-order valence-corrected chi connectivity index (χ4v) is 3.79. The number of aryl methyl sites for hydroxylation is 1. The van der Waals surface area contributed by atoms with Crippen molar-refractivity contribution in [2.45, 2.75) is 26.3 Å². The van der Waals surface area contributed by atoms with Crippen molar-refractivity contribution in [2.24, 2.45) is 5.92 Å². The lowest BCUT2D eigenvalue weighted by atomic mass is 9.97. The highest BCUT2D eigenvalue weighted by molar-refractivity contribution is 9.10. The van der Waals surface area contributed by atoms with Crippen molar-refractivity contribution in [1.29, 1.82) is 0 Å². The molecule has 1 atom stereocenters. The Balaban J connectivity index is 1.35. The van der Waals surface area contributed by atoms with Gasteiger partial charge in [0.2, 0.25) is 17.6 Å². The molecular weight excluding hydrogens is 432 g/mol. The van der Waals surface area contributed by atoms with Gasteiger partial charge < -0.3 is 9.84 Å². The number of carbonyl (C=O) groups is 1. The zero-order valence-electron chi connectivity index (χ0n) is 16.3. The van der Waals surface area contributed by atoms with Gasteiger partial charge in [-0.15, -0.1) is 0 Å². The molecule has 1 unspecified atom stereocenters. The van der Waals surface area contributed by atoms with Crippen LogP contribution < -0.4 is 5.32 Å². The number of amides is 1. The van der Waals surface area contributed by atoms with Crippen LogP contribution in [0, 0.1) is 12.8 Å². The summed E-state index contributed by atoms with van der Waals surface area (Å²) in [4.78, 5) is 19.4. The summed E-state index contributed by atoms with van der Waals surface area (Å²) < 4.78 is 6.44. The van der Waals surface area contributed by atoms with Crippen LogP contribution in [0.4, 0.5) is 5.69 Å². The van der Waals surface area contributed by atoms with Gasteiger partial charge in [0.05, 0.1) is 12.5 Å². The molecule has 6 nitrogen and oxygen atoms in total. The Hall–Kier alpha value is -2.51. The predicted octanol–water partition coefficient (Wildman–Crippen LogP) is 4.66. The van der Waals surface area contributed by atoms with Crippen LogP contribution in [-0.2, 0) is 11.3 Å². The average Bonchev–Trinajstić information content (AvgIpc) is 3.19. The van der Waals surface area contributed by atoms with Crippen molar-refractivity contribution in [3.05, 3.63) is 64.5 Å². The summed E-state index contributed by atoms with van der Waals surface area (Å²) >= 11 is 3.41. The molecule has 2 aromatic carbocycles. The van der Waals surface area contributed by atoms with Crippen LogP contribution >= 0.6 is 15.9 Å². The highest BCUT2D eigenvalue weighted by Gasteiger charge is 2.27. The lowest BCUT2D eigenvalue weighted by Crippen LogP contribution is -2.40. The molecule has 29 heavy (non-hydrogen) atoms. The number of nitrogens with zero attached hydrogens (tertiary/aromatic N) is 3. The number of aromatic nitrogens is 2. The summed E-state index contributed by atoms with van der Waals surface area (Å²) in [5, 5.41) is 7.12. The van der Waals surface area contributed by atoms with Gasteiger partial charge in [0.1, 0.15) is 0 Å². The number of rotatable bonds is 5. The molecule has 4 rings (SSSR count). The van der Waals surface area contributed by atoms with Crippen LogP contribution in [0.2, 0.25) is 0 Å². The molecule has 3 aromatic rings. The monoisotopic (exact) mass is 454 g/mol. The van der Waals surface area contributed by atoms with Gasteiger partial charge in [0.15, 0.2) is 0 Å². The largest absolute Gasteiger partial charge is 0.338 e. The Bertz CT molecular complexity index is 969. The average molecular weight is 455 g/mol. The third kappa shape index (κ3) is 5.10. The Kier molecular flexibility index (Phi) is 6.06. The number of anilines is 1. The van der Waals surface area contributed by atoms with E-state index in [1.807, 2.05) is 55.5 Å². The Labute approximate surface area is 178 Å². The fourth-order valence-electron chi connectivity index (χ4n) is 3.52. The normalized spacial score (nSPS) is 17.2. The van der Waals surface area contributed by atoms with E-state index >= 15 is 0 Å². The van der Waals surface area contributed by atoms with Crippen LogP contribution in [0.5, 0.6) is 0 Å². The molecule has 1 N–H and O–H groups in total. The van der Waals surface area contributed by atoms with Gasteiger partial charge in [0, 0.05) is 22.3 Å². The molecule has 1 amide bonds. The zero-order chi connectivity index (χ0) is 20.2. The molecule has 150 valence electrons. The molecule has 1 aliphatic heterocycles. The minimum Gasteiger partial charge on any atom is -0.338 e. The van der Waals surface area contributed by atoms with E-state index in [4.69, 9.17) is 4.52 Å². The number of piperidine rings is 1. The van der Waals surface area contributed by atoms with E-state index in [1.165, 1.54) is 5.56 Å². The van der Waals surface area contributed by atoms with Crippen LogP contribution in [0.15, 0.2) is 57.5 Å².